The summed E-state index contributed by atoms with van der Waals surface area (Å²) in [6.07, 6.45) is 1.82. The number of phenolic OH excluding ortho intramolecular Hbond substituents is 2. The van der Waals surface area contributed by atoms with Crippen LogP contribution >= 0.6 is 0 Å². The van der Waals surface area contributed by atoms with Crippen LogP contribution in [0.3, 0.4) is 0 Å². The van der Waals surface area contributed by atoms with Crippen molar-refractivity contribution in [3.8, 4) is 17.2 Å². The van der Waals surface area contributed by atoms with Gasteiger partial charge >= 0.3 is 0 Å². The first kappa shape index (κ1) is 14.1. The van der Waals surface area contributed by atoms with Gasteiger partial charge in [-0.25, -0.2) is 0 Å². The van der Waals surface area contributed by atoms with Crippen molar-refractivity contribution in [2.75, 3.05) is 6.61 Å². The number of carbonyl (C=O) groups excluding carboxylic acids is 1. The zero-order valence-electron chi connectivity index (χ0n) is 10.6. The lowest BCUT2D eigenvalue weighted by Crippen LogP contribution is -2.04. The smallest absolute Gasteiger partial charge is 0.170 e. The standard InChI is InChI=1S/C14H18O4/c1-4-5-18-10-7-12(16)14(13(17)8-10)11(15)6-9(2)3/h4,7-9,16-17H,1,5-6H2,2-3H3. The van der Waals surface area contributed by atoms with Crippen LogP contribution in [0.1, 0.15) is 30.6 Å². The van der Waals surface area contributed by atoms with Gasteiger partial charge in [0.25, 0.3) is 0 Å². The largest absolute Gasteiger partial charge is 0.507 e. The number of rotatable bonds is 6. The molecule has 1 rings (SSSR count). The molecule has 0 bridgehead atoms. The molecule has 4 heteroatoms. The number of ketones is 1. The number of aromatic hydroxyl groups is 2. The maximum atomic E-state index is 11.8. The molecule has 0 heterocycles. The van der Waals surface area contributed by atoms with Crippen molar-refractivity contribution < 1.29 is 19.7 Å². The highest BCUT2D eigenvalue weighted by Crippen LogP contribution is 2.34. The van der Waals surface area contributed by atoms with Gasteiger partial charge < -0.3 is 14.9 Å². The normalized spacial score (nSPS) is 10.4. The van der Waals surface area contributed by atoms with Gasteiger partial charge in [0.05, 0.1) is 0 Å². The molecule has 0 unspecified atom stereocenters. The first-order valence-electron chi connectivity index (χ1n) is 5.78. The van der Waals surface area contributed by atoms with E-state index in [0.29, 0.717) is 5.75 Å². The van der Waals surface area contributed by atoms with E-state index in [2.05, 4.69) is 6.58 Å². The van der Waals surface area contributed by atoms with Gasteiger partial charge in [0.15, 0.2) is 5.78 Å². The van der Waals surface area contributed by atoms with Gasteiger partial charge in [0.1, 0.15) is 29.4 Å². The van der Waals surface area contributed by atoms with Gasteiger partial charge in [-0.3, -0.25) is 4.79 Å². The average molecular weight is 250 g/mol. The van der Waals surface area contributed by atoms with Gasteiger partial charge in [0, 0.05) is 18.6 Å². The Labute approximate surface area is 107 Å². The molecule has 2 N–H and O–H groups in total. The maximum absolute atomic E-state index is 11.8. The molecule has 0 saturated heterocycles. The summed E-state index contributed by atoms with van der Waals surface area (Å²) in [5.41, 5.74) is -0.0466. The summed E-state index contributed by atoms with van der Waals surface area (Å²) < 4.78 is 5.18. The minimum absolute atomic E-state index is 0.0466. The molecule has 0 fully saturated rings. The molecule has 0 aliphatic heterocycles. The highest BCUT2D eigenvalue weighted by molar-refractivity contribution is 6.01. The van der Waals surface area contributed by atoms with Crippen LogP contribution < -0.4 is 4.74 Å². The fourth-order valence-corrected chi connectivity index (χ4v) is 1.58. The minimum Gasteiger partial charge on any atom is -0.507 e. The third kappa shape index (κ3) is 3.52. The zero-order chi connectivity index (χ0) is 13.7. The third-order valence-electron chi connectivity index (χ3n) is 2.31. The maximum Gasteiger partial charge on any atom is 0.170 e. The van der Waals surface area contributed by atoms with Crippen molar-refractivity contribution in [1.82, 2.24) is 0 Å². The quantitative estimate of drug-likeness (QED) is 0.601. The Morgan fingerprint density at radius 3 is 2.39 bits per heavy atom. The summed E-state index contributed by atoms with van der Waals surface area (Å²) in [6.45, 7) is 7.55. The van der Waals surface area contributed by atoms with Gasteiger partial charge in [0.2, 0.25) is 0 Å². The molecule has 0 aromatic heterocycles. The van der Waals surface area contributed by atoms with Crippen molar-refractivity contribution in [3.63, 3.8) is 0 Å². The lowest BCUT2D eigenvalue weighted by atomic mass is 9.99. The molecule has 1 aromatic carbocycles. The zero-order valence-corrected chi connectivity index (χ0v) is 10.6. The second kappa shape index (κ2) is 6.10. The first-order valence-corrected chi connectivity index (χ1v) is 5.78. The number of carbonyl (C=O) groups is 1. The Hall–Kier alpha value is -1.97. The Morgan fingerprint density at radius 1 is 1.39 bits per heavy atom. The van der Waals surface area contributed by atoms with Crippen LogP contribution in [0.4, 0.5) is 0 Å². The molecule has 0 spiro atoms. The molecule has 4 nitrogen and oxygen atoms in total. The highest BCUT2D eigenvalue weighted by atomic mass is 16.5. The van der Waals surface area contributed by atoms with Crippen LogP contribution in [0.15, 0.2) is 24.8 Å². The second-order valence-corrected chi connectivity index (χ2v) is 4.46. The summed E-state index contributed by atoms with van der Waals surface area (Å²) in [6, 6.07) is 2.63. The van der Waals surface area contributed by atoms with Gasteiger partial charge in [-0.15, -0.1) is 0 Å². The number of hydrogen-bond acceptors (Lipinski definition) is 4. The molecule has 0 amide bonds. The lowest BCUT2D eigenvalue weighted by molar-refractivity contribution is 0.0962. The monoisotopic (exact) mass is 250 g/mol. The molecule has 18 heavy (non-hydrogen) atoms. The van der Waals surface area contributed by atoms with Gasteiger partial charge in [-0.1, -0.05) is 26.5 Å². The topological polar surface area (TPSA) is 66.8 Å². The van der Waals surface area contributed by atoms with E-state index in [4.69, 9.17) is 4.74 Å². The molecule has 0 aliphatic carbocycles. The summed E-state index contributed by atoms with van der Waals surface area (Å²) >= 11 is 0. The van der Waals surface area contributed by atoms with Gasteiger partial charge in [-0.05, 0) is 5.92 Å². The fourth-order valence-electron chi connectivity index (χ4n) is 1.58. The van der Waals surface area contributed by atoms with Crippen molar-refractivity contribution in [2.45, 2.75) is 20.3 Å². The number of benzene rings is 1. The van der Waals surface area contributed by atoms with Crippen molar-refractivity contribution in [2.24, 2.45) is 5.92 Å². The van der Waals surface area contributed by atoms with E-state index >= 15 is 0 Å². The molecule has 0 aliphatic rings. The number of phenols is 2. The average Bonchev–Trinajstić information content (AvgIpc) is 2.24. The van der Waals surface area contributed by atoms with Crippen molar-refractivity contribution in [3.05, 3.63) is 30.4 Å². The number of Topliss-reactive ketones (excluding diaryl/α,β-unsaturated/α-hetero) is 1. The van der Waals surface area contributed by atoms with E-state index in [-0.39, 0.29) is 41.8 Å². The minimum atomic E-state index is -0.282. The Kier molecular flexibility index (Phi) is 4.77. The molecule has 0 saturated carbocycles. The van der Waals surface area contributed by atoms with E-state index < -0.39 is 0 Å². The molecular formula is C14H18O4. The van der Waals surface area contributed by atoms with E-state index in [1.807, 2.05) is 13.8 Å². The van der Waals surface area contributed by atoms with Crippen LogP contribution in [-0.4, -0.2) is 22.6 Å². The summed E-state index contributed by atoms with van der Waals surface area (Å²) in [7, 11) is 0. The summed E-state index contributed by atoms with van der Waals surface area (Å²) in [4.78, 5) is 11.8. The van der Waals surface area contributed by atoms with Crippen molar-refractivity contribution >= 4 is 5.78 Å². The predicted octanol–water partition coefficient (Wildman–Crippen LogP) is 2.89. The van der Waals surface area contributed by atoms with Crippen LogP contribution in [0.5, 0.6) is 17.2 Å². The highest BCUT2D eigenvalue weighted by Gasteiger charge is 2.18. The Balaban J connectivity index is 3.00. The van der Waals surface area contributed by atoms with E-state index in [0.717, 1.165) is 0 Å². The van der Waals surface area contributed by atoms with Crippen LogP contribution in [0.2, 0.25) is 0 Å². The fraction of sp³-hybridized carbons (Fsp3) is 0.357. The SMILES string of the molecule is C=CCOc1cc(O)c(C(=O)CC(C)C)c(O)c1. The third-order valence-corrected chi connectivity index (χ3v) is 2.31. The van der Waals surface area contributed by atoms with Crippen LogP contribution in [0, 0.1) is 5.92 Å². The molecule has 0 radical (unpaired) electrons. The molecular weight excluding hydrogens is 232 g/mol. The summed E-state index contributed by atoms with van der Waals surface area (Å²) in [5, 5.41) is 19.5. The molecule has 98 valence electrons. The van der Waals surface area contributed by atoms with E-state index in [1.54, 1.807) is 6.08 Å². The van der Waals surface area contributed by atoms with Crippen LogP contribution in [0.25, 0.3) is 0 Å². The first-order chi connectivity index (χ1) is 8.45. The Bertz CT molecular complexity index is 426. The number of hydrogen-bond donors (Lipinski definition) is 2. The van der Waals surface area contributed by atoms with Gasteiger partial charge in [-0.2, -0.15) is 0 Å². The van der Waals surface area contributed by atoms with E-state index in [1.165, 1.54) is 12.1 Å². The van der Waals surface area contributed by atoms with Crippen molar-refractivity contribution in [1.29, 1.82) is 0 Å². The predicted molar refractivity (Wildman–Crippen MR) is 69.2 cm³/mol. The van der Waals surface area contributed by atoms with Crippen LogP contribution in [-0.2, 0) is 0 Å². The molecule has 0 atom stereocenters. The molecule has 1 aromatic rings. The second-order valence-electron chi connectivity index (χ2n) is 4.46. The van der Waals surface area contributed by atoms with E-state index in [9.17, 15) is 15.0 Å². The summed E-state index contributed by atoms with van der Waals surface area (Å²) in [5.74, 6) is -0.353. The lowest BCUT2D eigenvalue weighted by Gasteiger charge is -2.10. The Morgan fingerprint density at radius 2 is 1.94 bits per heavy atom. The number of ether oxygens (including phenoxy) is 1.